The van der Waals surface area contributed by atoms with E-state index >= 15 is 0 Å². The summed E-state index contributed by atoms with van der Waals surface area (Å²) >= 11 is 3.28. The number of alkyl halides is 1. The van der Waals surface area contributed by atoms with Gasteiger partial charge in [-0.2, -0.15) is 0 Å². The number of halogens is 3. The number of rotatable bonds is 3. The van der Waals surface area contributed by atoms with E-state index in [0.717, 1.165) is 11.6 Å². The zero-order chi connectivity index (χ0) is 14.7. The molecule has 0 unspecified atom stereocenters. The number of methoxy groups -OCH3 is 1. The van der Waals surface area contributed by atoms with Crippen LogP contribution >= 0.6 is 15.9 Å². The molecule has 0 bridgehead atoms. The third-order valence-electron chi connectivity index (χ3n) is 2.90. The minimum absolute atomic E-state index is 0.234. The summed E-state index contributed by atoms with van der Waals surface area (Å²) in [7, 11) is 1.28. The molecule has 0 aliphatic carbocycles. The first-order chi connectivity index (χ1) is 9.56. The Balaban J connectivity index is 2.55. The fourth-order valence-electron chi connectivity index (χ4n) is 1.88. The maximum absolute atomic E-state index is 13.8. The monoisotopic (exact) mass is 340 g/mol. The van der Waals surface area contributed by atoms with Gasteiger partial charge in [0.15, 0.2) is 0 Å². The molecule has 2 aromatic carbocycles. The van der Waals surface area contributed by atoms with Crippen LogP contribution in [-0.2, 0) is 10.1 Å². The lowest BCUT2D eigenvalue weighted by molar-refractivity contribution is 0.0600. The van der Waals surface area contributed by atoms with Crippen molar-refractivity contribution >= 4 is 21.9 Å². The molecule has 0 saturated carbocycles. The van der Waals surface area contributed by atoms with Crippen LogP contribution in [0.2, 0.25) is 0 Å². The first kappa shape index (κ1) is 14.7. The highest BCUT2D eigenvalue weighted by Crippen LogP contribution is 2.27. The Morgan fingerprint density at radius 2 is 1.95 bits per heavy atom. The fourth-order valence-corrected chi connectivity index (χ4v) is 2.37. The largest absolute Gasteiger partial charge is 0.465 e. The summed E-state index contributed by atoms with van der Waals surface area (Å²) in [6.07, 6.45) is 0. The second-order valence-corrected chi connectivity index (χ2v) is 4.68. The van der Waals surface area contributed by atoms with Gasteiger partial charge in [0.1, 0.15) is 11.6 Å². The molecule has 0 aliphatic rings. The molecule has 0 aromatic heterocycles. The van der Waals surface area contributed by atoms with Gasteiger partial charge in [-0.3, -0.25) is 0 Å². The van der Waals surface area contributed by atoms with Crippen molar-refractivity contribution < 1.29 is 18.3 Å². The van der Waals surface area contributed by atoms with Gasteiger partial charge in [-0.05, 0) is 29.3 Å². The van der Waals surface area contributed by atoms with Crippen LogP contribution in [0, 0.1) is 11.6 Å². The summed E-state index contributed by atoms with van der Waals surface area (Å²) in [6.45, 7) is 0. The van der Waals surface area contributed by atoms with Crippen molar-refractivity contribution in [3.05, 3.63) is 59.2 Å². The molecule has 0 radical (unpaired) electrons. The van der Waals surface area contributed by atoms with E-state index in [2.05, 4.69) is 15.9 Å². The SMILES string of the molecule is COC(=O)c1cc(-c2ccc(F)cc2F)ccc1CBr. The fraction of sp³-hybridized carbons (Fsp3) is 0.133. The van der Waals surface area contributed by atoms with Gasteiger partial charge in [0.2, 0.25) is 0 Å². The number of hydrogen-bond acceptors (Lipinski definition) is 2. The molecular formula is C15H11BrF2O2. The van der Waals surface area contributed by atoms with Gasteiger partial charge in [-0.15, -0.1) is 0 Å². The van der Waals surface area contributed by atoms with E-state index in [1.165, 1.54) is 19.2 Å². The molecule has 0 aliphatic heterocycles. The lowest BCUT2D eigenvalue weighted by atomic mass is 9.99. The van der Waals surface area contributed by atoms with E-state index in [9.17, 15) is 13.6 Å². The highest BCUT2D eigenvalue weighted by atomic mass is 79.9. The minimum atomic E-state index is -0.674. The summed E-state index contributed by atoms with van der Waals surface area (Å²) in [4.78, 5) is 11.7. The van der Waals surface area contributed by atoms with Crippen molar-refractivity contribution in [2.24, 2.45) is 0 Å². The zero-order valence-corrected chi connectivity index (χ0v) is 12.2. The van der Waals surface area contributed by atoms with Crippen LogP contribution in [0.25, 0.3) is 11.1 Å². The molecule has 0 atom stereocenters. The van der Waals surface area contributed by atoms with Crippen LogP contribution in [0.1, 0.15) is 15.9 Å². The summed E-state index contributed by atoms with van der Waals surface area (Å²) < 4.78 is 31.4. The Kier molecular flexibility index (Phi) is 4.49. The molecule has 5 heteroatoms. The quantitative estimate of drug-likeness (QED) is 0.614. The van der Waals surface area contributed by atoms with Gasteiger partial charge >= 0.3 is 5.97 Å². The third kappa shape index (κ3) is 2.88. The van der Waals surface area contributed by atoms with Crippen molar-refractivity contribution in [1.29, 1.82) is 0 Å². The average Bonchev–Trinajstić information content (AvgIpc) is 2.46. The lowest BCUT2D eigenvalue weighted by Crippen LogP contribution is -2.05. The first-order valence-corrected chi connectivity index (χ1v) is 6.91. The van der Waals surface area contributed by atoms with Crippen LogP contribution in [0.3, 0.4) is 0 Å². The topological polar surface area (TPSA) is 26.3 Å². The number of carbonyl (C=O) groups excluding carboxylic acids is 1. The molecule has 0 saturated heterocycles. The summed E-state index contributed by atoms with van der Waals surface area (Å²) in [5, 5.41) is 0.476. The van der Waals surface area contributed by atoms with Crippen molar-refractivity contribution in [3.63, 3.8) is 0 Å². The smallest absolute Gasteiger partial charge is 0.338 e. The number of ether oxygens (including phenoxy) is 1. The molecule has 2 nitrogen and oxygen atoms in total. The van der Waals surface area contributed by atoms with Gasteiger partial charge in [0.25, 0.3) is 0 Å². The predicted octanol–water partition coefficient (Wildman–Crippen LogP) is 4.31. The van der Waals surface area contributed by atoms with E-state index < -0.39 is 17.6 Å². The van der Waals surface area contributed by atoms with Crippen molar-refractivity contribution in [3.8, 4) is 11.1 Å². The number of esters is 1. The third-order valence-corrected chi connectivity index (χ3v) is 3.51. The standard InChI is InChI=1S/C15H11BrF2O2/c1-20-15(19)13-6-9(2-3-10(13)8-16)12-5-4-11(17)7-14(12)18/h2-7H,8H2,1H3. The summed E-state index contributed by atoms with van der Waals surface area (Å²) in [5.41, 5.74) is 1.82. The predicted molar refractivity (Wildman–Crippen MR) is 75.8 cm³/mol. The van der Waals surface area contributed by atoms with Crippen LogP contribution in [0.15, 0.2) is 36.4 Å². The maximum atomic E-state index is 13.8. The van der Waals surface area contributed by atoms with Crippen molar-refractivity contribution in [1.82, 2.24) is 0 Å². The van der Waals surface area contributed by atoms with E-state index in [0.29, 0.717) is 16.5 Å². The molecule has 0 fully saturated rings. The Hall–Kier alpha value is -1.75. The van der Waals surface area contributed by atoms with E-state index in [4.69, 9.17) is 4.74 Å². The minimum Gasteiger partial charge on any atom is -0.465 e. The second kappa shape index (κ2) is 6.13. The van der Waals surface area contributed by atoms with Crippen LogP contribution in [0.5, 0.6) is 0 Å². The Bertz CT molecular complexity index is 656. The molecule has 0 heterocycles. The molecule has 0 N–H and O–H groups in total. The summed E-state index contributed by atoms with van der Waals surface area (Å²) in [5.74, 6) is -1.81. The second-order valence-electron chi connectivity index (χ2n) is 4.12. The molecule has 2 rings (SSSR count). The van der Waals surface area contributed by atoms with Crippen molar-refractivity contribution in [2.45, 2.75) is 5.33 Å². The Morgan fingerprint density at radius 1 is 1.20 bits per heavy atom. The van der Waals surface area contributed by atoms with Gasteiger partial charge in [-0.1, -0.05) is 28.1 Å². The normalized spacial score (nSPS) is 10.4. The molecule has 104 valence electrons. The molecule has 0 amide bonds. The summed E-state index contributed by atoms with van der Waals surface area (Å²) in [6, 6.07) is 8.26. The van der Waals surface area contributed by atoms with E-state index in [1.807, 2.05) is 0 Å². The molecular weight excluding hydrogens is 330 g/mol. The Morgan fingerprint density at radius 3 is 2.55 bits per heavy atom. The van der Waals surface area contributed by atoms with Gasteiger partial charge in [0, 0.05) is 17.0 Å². The van der Waals surface area contributed by atoms with Crippen LogP contribution in [0.4, 0.5) is 8.78 Å². The maximum Gasteiger partial charge on any atom is 0.338 e. The molecule has 20 heavy (non-hydrogen) atoms. The van der Waals surface area contributed by atoms with Gasteiger partial charge in [-0.25, -0.2) is 13.6 Å². The van der Waals surface area contributed by atoms with Gasteiger partial charge < -0.3 is 4.74 Å². The Labute approximate surface area is 123 Å². The molecule has 2 aromatic rings. The number of hydrogen-bond donors (Lipinski definition) is 0. The van der Waals surface area contributed by atoms with Crippen LogP contribution in [-0.4, -0.2) is 13.1 Å². The van der Waals surface area contributed by atoms with Crippen LogP contribution < -0.4 is 0 Å². The number of carbonyl (C=O) groups is 1. The first-order valence-electron chi connectivity index (χ1n) is 5.79. The van der Waals surface area contributed by atoms with E-state index in [-0.39, 0.29) is 5.56 Å². The highest BCUT2D eigenvalue weighted by molar-refractivity contribution is 9.08. The highest BCUT2D eigenvalue weighted by Gasteiger charge is 2.14. The average molecular weight is 341 g/mol. The van der Waals surface area contributed by atoms with E-state index in [1.54, 1.807) is 18.2 Å². The lowest BCUT2D eigenvalue weighted by Gasteiger charge is -2.09. The molecule has 0 spiro atoms. The number of benzene rings is 2. The van der Waals surface area contributed by atoms with Gasteiger partial charge in [0.05, 0.1) is 12.7 Å². The van der Waals surface area contributed by atoms with Crippen molar-refractivity contribution in [2.75, 3.05) is 7.11 Å². The zero-order valence-electron chi connectivity index (χ0n) is 10.6.